The van der Waals surface area contributed by atoms with Gasteiger partial charge in [-0.3, -0.25) is 9.10 Å². The van der Waals surface area contributed by atoms with Crippen LogP contribution in [0.5, 0.6) is 0 Å². The second-order valence-electron chi connectivity index (χ2n) is 7.31. The van der Waals surface area contributed by atoms with E-state index in [2.05, 4.69) is 5.32 Å². The summed E-state index contributed by atoms with van der Waals surface area (Å²) >= 11 is 0. The molecule has 0 heterocycles. The Balaban J connectivity index is 2.35. The number of aryl methyl sites for hydroxylation is 3. The van der Waals surface area contributed by atoms with Crippen molar-refractivity contribution in [3.8, 4) is 0 Å². The Morgan fingerprint density at radius 1 is 1.07 bits per heavy atom. The van der Waals surface area contributed by atoms with Crippen LogP contribution >= 0.6 is 0 Å². The number of carbonyl (C=O) groups is 1. The van der Waals surface area contributed by atoms with Gasteiger partial charge in [0, 0.05) is 5.69 Å². The number of benzene rings is 2. The molecular formula is C21H28N2O3S. The number of hydrogen-bond donors (Lipinski definition) is 1. The summed E-state index contributed by atoms with van der Waals surface area (Å²) < 4.78 is 26.0. The van der Waals surface area contributed by atoms with Crippen LogP contribution in [-0.2, 0) is 14.8 Å². The molecule has 0 bridgehead atoms. The van der Waals surface area contributed by atoms with E-state index >= 15 is 0 Å². The number of rotatable bonds is 6. The lowest BCUT2D eigenvalue weighted by molar-refractivity contribution is -0.114. The van der Waals surface area contributed by atoms with Gasteiger partial charge in [-0.15, -0.1) is 0 Å². The zero-order chi connectivity index (χ0) is 20.4. The summed E-state index contributed by atoms with van der Waals surface area (Å²) in [4.78, 5) is 12.7. The molecule has 0 atom stereocenters. The summed E-state index contributed by atoms with van der Waals surface area (Å²) in [5.41, 5.74) is 5.00. The van der Waals surface area contributed by atoms with Crippen LogP contribution in [0.3, 0.4) is 0 Å². The Morgan fingerprint density at radius 2 is 1.63 bits per heavy atom. The zero-order valence-electron chi connectivity index (χ0n) is 16.8. The van der Waals surface area contributed by atoms with E-state index < -0.39 is 10.0 Å². The minimum absolute atomic E-state index is 0.245. The Kier molecular flexibility index (Phi) is 6.31. The third kappa shape index (κ3) is 5.10. The third-order valence-corrected chi connectivity index (χ3v) is 5.54. The summed E-state index contributed by atoms with van der Waals surface area (Å²) in [6, 6.07) is 11.4. The number of para-hydroxylation sites is 1. The van der Waals surface area contributed by atoms with Gasteiger partial charge in [-0.1, -0.05) is 49.7 Å². The highest BCUT2D eigenvalue weighted by Gasteiger charge is 2.24. The Morgan fingerprint density at radius 3 is 2.15 bits per heavy atom. The molecule has 2 aromatic rings. The van der Waals surface area contributed by atoms with Crippen molar-refractivity contribution >= 4 is 27.3 Å². The third-order valence-electron chi connectivity index (χ3n) is 4.43. The van der Waals surface area contributed by atoms with Crippen molar-refractivity contribution in [1.82, 2.24) is 0 Å². The average Bonchev–Trinajstić information content (AvgIpc) is 2.52. The fourth-order valence-corrected chi connectivity index (χ4v) is 4.33. The largest absolute Gasteiger partial charge is 0.324 e. The summed E-state index contributed by atoms with van der Waals surface area (Å²) in [7, 11) is -3.62. The first-order valence-electron chi connectivity index (χ1n) is 8.95. The molecule has 0 spiro atoms. The van der Waals surface area contributed by atoms with Crippen LogP contribution < -0.4 is 9.62 Å². The SMILES string of the molecule is Cc1cc(C)c(N(CC(=O)Nc2ccccc2C(C)C)S(C)(=O)=O)c(C)c1. The Hall–Kier alpha value is -2.34. The number of carbonyl (C=O) groups excluding carboxylic acids is 1. The molecule has 0 radical (unpaired) electrons. The molecule has 0 aliphatic heterocycles. The fraction of sp³-hybridized carbons (Fsp3) is 0.381. The van der Waals surface area contributed by atoms with Crippen LogP contribution in [-0.4, -0.2) is 27.1 Å². The van der Waals surface area contributed by atoms with Gasteiger partial charge in [0.15, 0.2) is 0 Å². The van der Waals surface area contributed by atoms with Crippen molar-refractivity contribution in [2.75, 3.05) is 22.4 Å². The summed E-state index contributed by atoms with van der Waals surface area (Å²) in [5, 5.41) is 2.87. The van der Waals surface area contributed by atoms with E-state index in [9.17, 15) is 13.2 Å². The van der Waals surface area contributed by atoms with Gasteiger partial charge in [-0.2, -0.15) is 0 Å². The molecule has 146 valence electrons. The summed E-state index contributed by atoms with van der Waals surface area (Å²) in [6.45, 7) is 9.51. The highest BCUT2D eigenvalue weighted by molar-refractivity contribution is 7.92. The molecule has 2 aromatic carbocycles. The van der Waals surface area contributed by atoms with E-state index in [-0.39, 0.29) is 18.4 Å². The molecule has 0 saturated carbocycles. The first-order chi connectivity index (χ1) is 12.5. The van der Waals surface area contributed by atoms with Crippen LogP contribution in [0.1, 0.15) is 42.0 Å². The summed E-state index contributed by atoms with van der Waals surface area (Å²) in [6.07, 6.45) is 1.13. The standard InChI is InChI=1S/C21H28N2O3S/c1-14(2)18-9-7-8-10-19(18)22-20(24)13-23(27(6,25)26)21-16(4)11-15(3)12-17(21)5/h7-12,14H,13H2,1-6H3,(H,22,24). The van der Waals surface area contributed by atoms with Crippen LogP contribution in [0.2, 0.25) is 0 Å². The maximum atomic E-state index is 12.7. The molecule has 0 unspecified atom stereocenters. The maximum Gasteiger partial charge on any atom is 0.245 e. The number of nitrogens with one attached hydrogen (secondary N) is 1. The van der Waals surface area contributed by atoms with Crippen molar-refractivity contribution in [2.45, 2.75) is 40.5 Å². The lowest BCUT2D eigenvalue weighted by Crippen LogP contribution is -2.38. The minimum atomic E-state index is -3.62. The fourth-order valence-electron chi connectivity index (χ4n) is 3.36. The van der Waals surface area contributed by atoms with E-state index in [4.69, 9.17) is 0 Å². The molecule has 0 fully saturated rings. The van der Waals surface area contributed by atoms with Gasteiger partial charge in [-0.25, -0.2) is 8.42 Å². The van der Waals surface area contributed by atoms with Crippen molar-refractivity contribution in [3.05, 3.63) is 58.7 Å². The lowest BCUT2D eigenvalue weighted by Gasteiger charge is -2.26. The van der Waals surface area contributed by atoms with Gasteiger partial charge in [-0.05, 0) is 49.4 Å². The van der Waals surface area contributed by atoms with Gasteiger partial charge in [0.05, 0.1) is 11.9 Å². The maximum absolute atomic E-state index is 12.7. The van der Waals surface area contributed by atoms with E-state index in [1.54, 1.807) is 0 Å². The van der Waals surface area contributed by atoms with Gasteiger partial charge in [0.25, 0.3) is 0 Å². The molecule has 0 aromatic heterocycles. The van der Waals surface area contributed by atoms with Crippen LogP contribution in [0.15, 0.2) is 36.4 Å². The van der Waals surface area contributed by atoms with E-state index in [0.717, 1.165) is 28.5 Å². The average molecular weight is 389 g/mol. The molecular weight excluding hydrogens is 360 g/mol. The lowest BCUT2D eigenvalue weighted by atomic mass is 10.0. The first kappa shape index (κ1) is 21.0. The molecule has 0 saturated heterocycles. The molecule has 1 N–H and O–H groups in total. The second-order valence-corrected chi connectivity index (χ2v) is 9.21. The highest BCUT2D eigenvalue weighted by atomic mass is 32.2. The van der Waals surface area contributed by atoms with Crippen molar-refractivity contribution in [2.24, 2.45) is 0 Å². The molecule has 0 aliphatic rings. The van der Waals surface area contributed by atoms with Crippen LogP contribution in [0, 0.1) is 20.8 Å². The molecule has 0 aliphatic carbocycles. The molecule has 6 heteroatoms. The van der Waals surface area contributed by atoms with E-state index in [1.807, 2.05) is 71.0 Å². The van der Waals surface area contributed by atoms with Gasteiger partial charge >= 0.3 is 0 Å². The number of amides is 1. The van der Waals surface area contributed by atoms with Crippen molar-refractivity contribution < 1.29 is 13.2 Å². The number of anilines is 2. The monoisotopic (exact) mass is 388 g/mol. The van der Waals surface area contributed by atoms with Crippen molar-refractivity contribution in [3.63, 3.8) is 0 Å². The number of hydrogen-bond acceptors (Lipinski definition) is 3. The van der Waals surface area contributed by atoms with Crippen LogP contribution in [0.25, 0.3) is 0 Å². The quantitative estimate of drug-likeness (QED) is 0.809. The minimum Gasteiger partial charge on any atom is -0.324 e. The normalized spacial score (nSPS) is 11.5. The molecule has 2 rings (SSSR count). The molecule has 5 nitrogen and oxygen atoms in total. The first-order valence-corrected chi connectivity index (χ1v) is 10.8. The highest BCUT2D eigenvalue weighted by Crippen LogP contribution is 2.29. The van der Waals surface area contributed by atoms with Crippen molar-refractivity contribution in [1.29, 1.82) is 0 Å². The second kappa shape index (κ2) is 8.13. The Bertz CT molecular complexity index is 927. The smallest absolute Gasteiger partial charge is 0.245 e. The summed E-state index contributed by atoms with van der Waals surface area (Å²) in [5.74, 6) is -0.123. The number of nitrogens with zero attached hydrogens (tertiary/aromatic N) is 1. The van der Waals surface area contributed by atoms with E-state index in [0.29, 0.717) is 11.4 Å². The van der Waals surface area contributed by atoms with Gasteiger partial charge < -0.3 is 5.32 Å². The number of sulfonamides is 1. The predicted molar refractivity (Wildman–Crippen MR) is 112 cm³/mol. The van der Waals surface area contributed by atoms with Crippen LogP contribution in [0.4, 0.5) is 11.4 Å². The zero-order valence-corrected chi connectivity index (χ0v) is 17.6. The molecule has 27 heavy (non-hydrogen) atoms. The van der Waals surface area contributed by atoms with Gasteiger partial charge in [0.1, 0.15) is 6.54 Å². The Labute approximate surface area is 162 Å². The molecule has 1 amide bonds. The van der Waals surface area contributed by atoms with E-state index in [1.165, 1.54) is 4.31 Å². The predicted octanol–water partition coefficient (Wildman–Crippen LogP) is 4.14. The van der Waals surface area contributed by atoms with Gasteiger partial charge in [0.2, 0.25) is 15.9 Å². The topological polar surface area (TPSA) is 66.5 Å².